The van der Waals surface area contributed by atoms with Gasteiger partial charge >= 0.3 is 0 Å². The van der Waals surface area contributed by atoms with Crippen molar-refractivity contribution in [3.05, 3.63) is 29.3 Å². The molecule has 3 aliphatic rings. The molecule has 3 heterocycles. The molecule has 4 rings (SSSR count). The highest BCUT2D eigenvalue weighted by atomic mass is 16.5. The van der Waals surface area contributed by atoms with Gasteiger partial charge in [-0.25, -0.2) is 0 Å². The molecule has 19 heavy (non-hydrogen) atoms. The number of methoxy groups -OCH3 is 1. The Bertz CT molecular complexity index is 438. The van der Waals surface area contributed by atoms with Crippen molar-refractivity contribution in [1.82, 2.24) is 10.2 Å². The molecule has 0 spiro atoms. The van der Waals surface area contributed by atoms with Crippen LogP contribution in [0.2, 0.25) is 0 Å². The molecule has 3 aliphatic heterocycles. The summed E-state index contributed by atoms with van der Waals surface area (Å²) >= 11 is 0. The minimum Gasteiger partial charge on any atom is -0.496 e. The number of nitrogens with zero attached hydrogens (tertiary/aromatic N) is 1. The number of ether oxygens (including phenoxy) is 1. The second kappa shape index (κ2) is 5.51. The van der Waals surface area contributed by atoms with Gasteiger partial charge in [0.15, 0.2) is 0 Å². The Morgan fingerprint density at radius 3 is 2.68 bits per heavy atom. The van der Waals surface area contributed by atoms with Crippen LogP contribution in [0.1, 0.15) is 24.0 Å². The first-order chi connectivity index (χ1) is 9.26. The van der Waals surface area contributed by atoms with Crippen molar-refractivity contribution in [3.63, 3.8) is 0 Å². The number of nitrogens with one attached hydrogen (secondary N) is 1. The zero-order valence-electron chi connectivity index (χ0n) is 12.0. The lowest BCUT2D eigenvalue weighted by Crippen LogP contribution is -2.55. The fraction of sp³-hybridized carbons (Fsp3) is 0.625. The summed E-state index contributed by atoms with van der Waals surface area (Å²) < 4.78 is 5.31. The summed E-state index contributed by atoms with van der Waals surface area (Å²) in [4.78, 5) is 2.59. The van der Waals surface area contributed by atoms with E-state index in [1.165, 1.54) is 43.6 Å². The molecule has 3 saturated heterocycles. The summed E-state index contributed by atoms with van der Waals surface area (Å²) in [7, 11) is 1.73. The van der Waals surface area contributed by atoms with Gasteiger partial charge in [-0.15, -0.1) is 0 Å². The molecule has 1 unspecified atom stereocenters. The van der Waals surface area contributed by atoms with Gasteiger partial charge in [0.2, 0.25) is 0 Å². The predicted octanol–water partition coefficient (Wildman–Crippen LogP) is 2.19. The van der Waals surface area contributed by atoms with Crippen LogP contribution in [-0.2, 0) is 6.54 Å². The van der Waals surface area contributed by atoms with E-state index in [1.54, 1.807) is 7.11 Å². The maximum Gasteiger partial charge on any atom is 0.121 e. The first-order valence-corrected chi connectivity index (χ1v) is 7.35. The predicted molar refractivity (Wildman–Crippen MR) is 77.5 cm³/mol. The van der Waals surface area contributed by atoms with E-state index in [2.05, 4.69) is 35.3 Å². The molecule has 3 nitrogen and oxygen atoms in total. The zero-order chi connectivity index (χ0) is 13.2. The molecule has 3 heteroatoms. The van der Waals surface area contributed by atoms with Crippen LogP contribution < -0.4 is 10.1 Å². The third-order valence-electron chi connectivity index (χ3n) is 4.68. The zero-order valence-corrected chi connectivity index (χ0v) is 12.0. The molecular formula is C16H24N2O. The standard InChI is InChI=1S/C16H24N2O/c1-12-9-13(3-4-16(12)19-2)10-17-15-11-18-7-5-14(15)6-8-18/h3-4,9,14-15,17H,5-8,10-11H2,1-2H3. The molecule has 0 radical (unpaired) electrons. The lowest BCUT2D eigenvalue weighted by molar-refractivity contribution is 0.0720. The highest BCUT2D eigenvalue weighted by Gasteiger charge is 2.33. The van der Waals surface area contributed by atoms with E-state index in [4.69, 9.17) is 4.74 Å². The Balaban J connectivity index is 1.59. The van der Waals surface area contributed by atoms with Gasteiger partial charge in [0.1, 0.15) is 5.75 Å². The third kappa shape index (κ3) is 2.77. The van der Waals surface area contributed by atoms with Gasteiger partial charge in [-0.05, 0) is 56.0 Å². The molecule has 3 fully saturated rings. The first kappa shape index (κ1) is 12.9. The smallest absolute Gasteiger partial charge is 0.121 e. The van der Waals surface area contributed by atoms with Gasteiger partial charge in [-0.3, -0.25) is 0 Å². The van der Waals surface area contributed by atoms with Crippen LogP contribution in [0.3, 0.4) is 0 Å². The van der Waals surface area contributed by atoms with Gasteiger partial charge in [-0.1, -0.05) is 12.1 Å². The third-order valence-corrected chi connectivity index (χ3v) is 4.68. The number of hydrogen-bond acceptors (Lipinski definition) is 3. The average molecular weight is 260 g/mol. The Morgan fingerprint density at radius 1 is 1.32 bits per heavy atom. The molecule has 1 N–H and O–H groups in total. The number of aryl methyl sites for hydroxylation is 1. The molecule has 1 aromatic rings. The molecular weight excluding hydrogens is 236 g/mol. The highest BCUT2D eigenvalue weighted by molar-refractivity contribution is 5.36. The Morgan fingerprint density at radius 2 is 2.11 bits per heavy atom. The Kier molecular flexibility index (Phi) is 3.76. The van der Waals surface area contributed by atoms with Crippen LogP contribution in [0.5, 0.6) is 5.75 Å². The average Bonchev–Trinajstić information content (AvgIpc) is 2.46. The Hall–Kier alpha value is -1.06. The highest BCUT2D eigenvalue weighted by Crippen LogP contribution is 2.27. The molecule has 1 aromatic carbocycles. The van der Waals surface area contributed by atoms with Crippen molar-refractivity contribution < 1.29 is 4.74 Å². The summed E-state index contributed by atoms with van der Waals surface area (Å²) in [6, 6.07) is 7.15. The monoisotopic (exact) mass is 260 g/mol. The minimum atomic E-state index is 0.685. The van der Waals surface area contributed by atoms with E-state index in [0.717, 1.165) is 18.2 Å². The number of hydrogen-bond donors (Lipinski definition) is 1. The van der Waals surface area contributed by atoms with E-state index < -0.39 is 0 Å². The summed E-state index contributed by atoms with van der Waals surface area (Å²) in [5, 5.41) is 3.75. The van der Waals surface area contributed by atoms with E-state index in [9.17, 15) is 0 Å². The second-order valence-corrected chi connectivity index (χ2v) is 5.93. The Labute approximate surface area is 115 Å². The van der Waals surface area contributed by atoms with Crippen LogP contribution in [0.4, 0.5) is 0 Å². The van der Waals surface area contributed by atoms with E-state index >= 15 is 0 Å². The fourth-order valence-corrected chi connectivity index (χ4v) is 3.50. The van der Waals surface area contributed by atoms with Gasteiger partial charge in [-0.2, -0.15) is 0 Å². The first-order valence-electron chi connectivity index (χ1n) is 7.35. The van der Waals surface area contributed by atoms with Crippen molar-refractivity contribution in [1.29, 1.82) is 0 Å². The summed E-state index contributed by atoms with van der Waals surface area (Å²) in [5.41, 5.74) is 2.57. The molecule has 2 bridgehead atoms. The molecule has 0 amide bonds. The van der Waals surface area contributed by atoms with Gasteiger partial charge in [0, 0.05) is 19.1 Å². The fourth-order valence-electron chi connectivity index (χ4n) is 3.50. The van der Waals surface area contributed by atoms with Crippen molar-refractivity contribution in [2.75, 3.05) is 26.7 Å². The van der Waals surface area contributed by atoms with Gasteiger partial charge in [0.25, 0.3) is 0 Å². The van der Waals surface area contributed by atoms with Crippen LogP contribution >= 0.6 is 0 Å². The van der Waals surface area contributed by atoms with Crippen LogP contribution in [0.15, 0.2) is 18.2 Å². The van der Waals surface area contributed by atoms with Crippen molar-refractivity contribution in [2.45, 2.75) is 32.4 Å². The van der Waals surface area contributed by atoms with Crippen molar-refractivity contribution in [2.24, 2.45) is 5.92 Å². The molecule has 104 valence electrons. The van der Waals surface area contributed by atoms with E-state index in [1.807, 2.05) is 0 Å². The number of benzene rings is 1. The van der Waals surface area contributed by atoms with E-state index in [-0.39, 0.29) is 0 Å². The molecule has 0 aromatic heterocycles. The lowest BCUT2D eigenvalue weighted by Gasteiger charge is -2.45. The topological polar surface area (TPSA) is 24.5 Å². The van der Waals surface area contributed by atoms with Crippen LogP contribution in [0.25, 0.3) is 0 Å². The summed E-state index contributed by atoms with van der Waals surface area (Å²) in [6.45, 7) is 6.94. The van der Waals surface area contributed by atoms with Crippen molar-refractivity contribution >= 4 is 0 Å². The van der Waals surface area contributed by atoms with Gasteiger partial charge in [0.05, 0.1) is 7.11 Å². The quantitative estimate of drug-likeness (QED) is 0.898. The minimum absolute atomic E-state index is 0.685. The van der Waals surface area contributed by atoms with Gasteiger partial charge < -0.3 is 15.0 Å². The molecule has 1 atom stereocenters. The largest absolute Gasteiger partial charge is 0.496 e. The van der Waals surface area contributed by atoms with Crippen molar-refractivity contribution in [3.8, 4) is 5.75 Å². The lowest BCUT2D eigenvalue weighted by atomic mass is 9.84. The molecule has 0 aliphatic carbocycles. The molecule has 0 saturated carbocycles. The second-order valence-electron chi connectivity index (χ2n) is 5.93. The summed E-state index contributed by atoms with van der Waals surface area (Å²) in [6.07, 6.45) is 2.75. The van der Waals surface area contributed by atoms with Crippen LogP contribution in [-0.4, -0.2) is 37.7 Å². The normalized spacial score (nSPS) is 29.5. The SMILES string of the molecule is COc1ccc(CNC2CN3CCC2CC3)cc1C. The number of piperidine rings is 3. The number of fused-ring (bicyclic) bond motifs is 3. The summed E-state index contributed by atoms with van der Waals surface area (Å²) in [5.74, 6) is 1.87. The maximum absolute atomic E-state index is 5.31. The number of rotatable bonds is 4. The van der Waals surface area contributed by atoms with Crippen LogP contribution in [0, 0.1) is 12.8 Å². The maximum atomic E-state index is 5.31. The van der Waals surface area contributed by atoms with E-state index in [0.29, 0.717) is 6.04 Å².